The Morgan fingerprint density at radius 2 is 1.68 bits per heavy atom. The maximum absolute atomic E-state index is 13.6. The van der Waals surface area contributed by atoms with Crippen LogP contribution in [-0.4, -0.2) is 74.7 Å². The summed E-state index contributed by atoms with van der Waals surface area (Å²) in [4.78, 5) is 42.9. The van der Waals surface area contributed by atoms with Gasteiger partial charge in [0.15, 0.2) is 6.29 Å². The number of amides is 3. The summed E-state index contributed by atoms with van der Waals surface area (Å²) >= 11 is 0. The van der Waals surface area contributed by atoms with E-state index in [0.717, 1.165) is 16.8 Å². The van der Waals surface area contributed by atoms with E-state index in [4.69, 9.17) is 10.5 Å². The Balaban J connectivity index is 1.32. The SMILES string of the molecule is Cc1ccc(S(=O)(=O)N2CCC[C@H]2C(=O)N[C@@H](Cc2ccc(N3CCNC3N(C(N)=O)c3ccccc3)cc2)C(=O)OC(C)C)cc1. The van der Waals surface area contributed by atoms with Gasteiger partial charge in [0.1, 0.15) is 12.1 Å². The molecule has 0 saturated carbocycles. The predicted octanol–water partition coefficient (Wildman–Crippen LogP) is 3.11. The molecule has 0 aliphatic carbocycles. The molecule has 2 heterocycles. The number of para-hydroxylation sites is 1. The number of urea groups is 1. The number of carbonyl (C=O) groups excluding carboxylic acids is 3. The number of nitrogens with zero attached hydrogens (tertiary/aromatic N) is 3. The van der Waals surface area contributed by atoms with Gasteiger partial charge in [-0.15, -0.1) is 0 Å². The summed E-state index contributed by atoms with van der Waals surface area (Å²) in [5.74, 6) is -1.15. The summed E-state index contributed by atoms with van der Waals surface area (Å²) in [6.45, 7) is 6.80. The molecular formula is C34H42N6O6S. The summed E-state index contributed by atoms with van der Waals surface area (Å²) in [5.41, 5.74) is 8.97. The fourth-order valence-electron chi connectivity index (χ4n) is 6.00. The first-order valence-corrected chi connectivity index (χ1v) is 17.2. The number of nitrogens with one attached hydrogen (secondary N) is 2. The molecule has 2 saturated heterocycles. The molecule has 0 bridgehead atoms. The highest BCUT2D eigenvalue weighted by atomic mass is 32.2. The maximum Gasteiger partial charge on any atom is 0.329 e. The molecule has 2 aliphatic heterocycles. The summed E-state index contributed by atoms with van der Waals surface area (Å²) in [7, 11) is -3.92. The van der Waals surface area contributed by atoms with E-state index in [1.54, 1.807) is 26.0 Å². The third-order valence-corrected chi connectivity index (χ3v) is 10.2. The number of aryl methyl sites for hydroxylation is 1. The van der Waals surface area contributed by atoms with E-state index in [0.29, 0.717) is 31.6 Å². The second-order valence-electron chi connectivity index (χ2n) is 12.1. The largest absolute Gasteiger partial charge is 0.461 e. The first-order valence-electron chi connectivity index (χ1n) is 15.8. The van der Waals surface area contributed by atoms with E-state index in [2.05, 4.69) is 10.6 Å². The van der Waals surface area contributed by atoms with Crippen molar-refractivity contribution in [1.82, 2.24) is 14.9 Å². The minimum Gasteiger partial charge on any atom is -0.461 e. The van der Waals surface area contributed by atoms with E-state index in [1.165, 1.54) is 21.3 Å². The van der Waals surface area contributed by atoms with E-state index in [-0.39, 0.29) is 17.9 Å². The fourth-order valence-corrected chi connectivity index (χ4v) is 7.65. The number of hydrogen-bond acceptors (Lipinski definition) is 8. The summed E-state index contributed by atoms with van der Waals surface area (Å²) in [5, 5.41) is 6.14. The van der Waals surface area contributed by atoms with Crippen molar-refractivity contribution in [2.75, 3.05) is 29.4 Å². The molecule has 0 spiro atoms. The lowest BCUT2D eigenvalue weighted by molar-refractivity contribution is -0.151. The number of rotatable bonds is 11. The van der Waals surface area contributed by atoms with Crippen molar-refractivity contribution in [2.45, 2.75) is 69.4 Å². The fraction of sp³-hybridized carbons (Fsp3) is 0.382. The van der Waals surface area contributed by atoms with Gasteiger partial charge in [-0.1, -0.05) is 48.0 Å². The molecule has 4 N–H and O–H groups in total. The molecule has 12 nitrogen and oxygen atoms in total. The van der Waals surface area contributed by atoms with Gasteiger partial charge in [0, 0.05) is 37.4 Å². The highest BCUT2D eigenvalue weighted by Crippen LogP contribution is 2.28. The Kier molecular flexibility index (Phi) is 10.5. The molecule has 0 aromatic heterocycles. The van der Waals surface area contributed by atoms with Gasteiger partial charge in [0.05, 0.1) is 11.0 Å². The van der Waals surface area contributed by atoms with Gasteiger partial charge in [-0.3, -0.25) is 15.0 Å². The van der Waals surface area contributed by atoms with E-state index in [1.807, 2.05) is 66.4 Å². The van der Waals surface area contributed by atoms with Crippen LogP contribution in [-0.2, 0) is 30.8 Å². The average molecular weight is 663 g/mol. The number of nitrogens with two attached hydrogens (primary N) is 1. The van der Waals surface area contributed by atoms with Crippen LogP contribution in [0.1, 0.15) is 37.8 Å². The quantitative estimate of drug-likeness (QED) is 0.265. The Morgan fingerprint density at radius 3 is 2.32 bits per heavy atom. The molecule has 2 fully saturated rings. The minimum absolute atomic E-state index is 0.122. The number of anilines is 2. The standard InChI is InChI=1S/C34H42N6O6S/c1-23(2)46-32(42)29(37-31(41)30-10-7-20-39(30)47(44,45)28-17-11-24(3)12-18-28)22-25-13-15-26(16-14-25)38-21-19-36-34(38)40(33(35)43)27-8-5-4-6-9-27/h4-6,8-9,11-18,23,29-30,34,36H,7,10,19-22H2,1-3H3,(H2,35,43)(H,37,41)/t29-,30-,34?/m0/s1. The van der Waals surface area contributed by atoms with Crippen LogP contribution in [0.2, 0.25) is 0 Å². The highest BCUT2D eigenvalue weighted by molar-refractivity contribution is 7.89. The van der Waals surface area contributed by atoms with Gasteiger partial charge in [0.2, 0.25) is 15.9 Å². The number of ether oxygens (including phenoxy) is 1. The minimum atomic E-state index is -3.92. The Labute approximate surface area is 275 Å². The second kappa shape index (κ2) is 14.5. The number of primary amides is 1. The van der Waals surface area contributed by atoms with Gasteiger partial charge in [-0.25, -0.2) is 18.0 Å². The molecule has 250 valence electrons. The van der Waals surface area contributed by atoms with Gasteiger partial charge >= 0.3 is 12.0 Å². The molecule has 13 heteroatoms. The average Bonchev–Trinajstić information content (AvgIpc) is 3.73. The number of esters is 1. The second-order valence-corrected chi connectivity index (χ2v) is 14.0. The van der Waals surface area contributed by atoms with Gasteiger partial charge in [0.25, 0.3) is 0 Å². The Bertz CT molecular complexity index is 1670. The maximum atomic E-state index is 13.6. The van der Waals surface area contributed by atoms with Gasteiger partial charge in [-0.2, -0.15) is 4.31 Å². The van der Waals surface area contributed by atoms with Crippen molar-refractivity contribution in [1.29, 1.82) is 0 Å². The monoisotopic (exact) mass is 662 g/mol. The lowest BCUT2D eigenvalue weighted by Crippen LogP contribution is -2.55. The first kappa shape index (κ1) is 33.9. The normalized spacial score (nSPS) is 19.0. The third kappa shape index (κ3) is 7.75. The zero-order valence-corrected chi connectivity index (χ0v) is 27.7. The molecule has 1 unspecified atom stereocenters. The molecular weight excluding hydrogens is 620 g/mol. The molecule has 5 rings (SSSR count). The van der Waals surface area contributed by atoms with Crippen molar-refractivity contribution in [3.8, 4) is 0 Å². The molecule has 47 heavy (non-hydrogen) atoms. The van der Waals surface area contributed by atoms with Crippen molar-refractivity contribution in [3.63, 3.8) is 0 Å². The van der Waals surface area contributed by atoms with E-state index >= 15 is 0 Å². The zero-order valence-electron chi connectivity index (χ0n) is 26.8. The van der Waals surface area contributed by atoms with E-state index in [9.17, 15) is 22.8 Å². The van der Waals surface area contributed by atoms with Crippen LogP contribution in [0.3, 0.4) is 0 Å². The molecule has 3 aromatic carbocycles. The van der Waals surface area contributed by atoms with Gasteiger partial charge < -0.3 is 20.7 Å². The van der Waals surface area contributed by atoms with Crippen molar-refractivity contribution >= 4 is 39.3 Å². The van der Waals surface area contributed by atoms with Crippen LogP contribution in [0.25, 0.3) is 0 Å². The Morgan fingerprint density at radius 1 is 1.00 bits per heavy atom. The number of hydrogen-bond donors (Lipinski definition) is 3. The van der Waals surface area contributed by atoms with Crippen LogP contribution in [0.4, 0.5) is 16.2 Å². The Hall–Kier alpha value is -4.46. The lowest BCUT2D eigenvalue weighted by atomic mass is 10.0. The number of sulfonamides is 1. The third-order valence-electron chi connectivity index (χ3n) is 8.29. The first-order chi connectivity index (χ1) is 22.5. The van der Waals surface area contributed by atoms with Crippen molar-refractivity contribution < 1.29 is 27.5 Å². The van der Waals surface area contributed by atoms with E-state index < -0.39 is 52.4 Å². The van der Waals surface area contributed by atoms with Gasteiger partial charge in [-0.05, 0) is 75.6 Å². The molecule has 0 radical (unpaired) electrons. The smallest absolute Gasteiger partial charge is 0.329 e. The molecule has 2 aliphatic rings. The van der Waals surface area contributed by atoms with Crippen molar-refractivity contribution in [2.24, 2.45) is 5.73 Å². The van der Waals surface area contributed by atoms with Crippen LogP contribution in [0.15, 0.2) is 83.8 Å². The number of benzene rings is 3. The van der Waals surface area contributed by atoms with Crippen LogP contribution in [0, 0.1) is 6.92 Å². The zero-order chi connectivity index (χ0) is 33.7. The predicted molar refractivity (Wildman–Crippen MR) is 179 cm³/mol. The summed E-state index contributed by atoms with van der Waals surface area (Å²) < 4.78 is 33.6. The lowest BCUT2D eigenvalue weighted by Gasteiger charge is -2.35. The topological polar surface area (TPSA) is 154 Å². The summed E-state index contributed by atoms with van der Waals surface area (Å²) in [6.07, 6.45) is 0.0864. The van der Waals surface area contributed by atoms with Crippen molar-refractivity contribution in [3.05, 3.63) is 90.0 Å². The number of carbonyl (C=O) groups is 3. The highest BCUT2D eigenvalue weighted by Gasteiger charge is 2.41. The van der Waals surface area contributed by atoms with Crippen LogP contribution >= 0.6 is 0 Å². The molecule has 3 aromatic rings. The summed E-state index contributed by atoms with van der Waals surface area (Å²) in [6, 6.07) is 20.6. The molecule has 3 atom stereocenters. The van der Waals surface area contributed by atoms with Crippen LogP contribution < -0.4 is 26.2 Å². The van der Waals surface area contributed by atoms with Crippen LogP contribution in [0.5, 0.6) is 0 Å². The molecule has 3 amide bonds.